The zero-order valence-corrected chi connectivity index (χ0v) is 18.2. The SMILES string of the molecule is CC(O)C(Cc1ccccc1)(NC(=O)O)NC(=O)OCC1c2ccccc2-c2ccccc21. The Bertz CT molecular complexity index is 1100. The molecule has 3 aromatic carbocycles. The molecule has 1 aliphatic carbocycles. The van der Waals surface area contributed by atoms with E-state index in [1.54, 1.807) is 24.3 Å². The minimum Gasteiger partial charge on any atom is -0.465 e. The number of ether oxygens (including phenoxy) is 1. The molecule has 0 bridgehead atoms. The first-order valence-electron chi connectivity index (χ1n) is 10.8. The Hall–Kier alpha value is -3.84. The van der Waals surface area contributed by atoms with Crippen LogP contribution in [-0.2, 0) is 11.2 Å². The third-order valence-electron chi connectivity index (χ3n) is 6.04. The number of amides is 2. The van der Waals surface area contributed by atoms with Crippen LogP contribution in [0.5, 0.6) is 0 Å². The maximum Gasteiger partial charge on any atom is 0.409 e. The van der Waals surface area contributed by atoms with Crippen LogP contribution in [0.3, 0.4) is 0 Å². The summed E-state index contributed by atoms with van der Waals surface area (Å²) in [5.41, 5.74) is 3.44. The van der Waals surface area contributed by atoms with Crippen LogP contribution in [0.1, 0.15) is 29.5 Å². The molecule has 1 aliphatic rings. The van der Waals surface area contributed by atoms with Gasteiger partial charge in [0.25, 0.3) is 0 Å². The van der Waals surface area contributed by atoms with Gasteiger partial charge in [0, 0.05) is 12.3 Å². The quantitative estimate of drug-likeness (QED) is 0.409. The summed E-state index contributed by atoms with van der Waals surface area (Å²) < 4.78 is 5.57. The zero-order valence-electron chi connectivity index (χ0n) is 18.2. The fourth-order valence-electron chi connectivity index (χ4n) is 4.40. The highest BCUT2D eigenvalue weighted by molar-refractivity contribution is 5.79. The minimum absolute atomic E-state index is 0.0437. The average molecular weight is 447 g/mol. The molecule has 0 aliphatic heterocycles. The van der Waals surface area contributed by atoms with Crippen LogP contribution in [0, 0.1) is 0 Å². The molecule has 4 rings (SSSR count). The van der Waals surface area contributed by atoms with Gasteiger partial charge in [0.15, 0.2) is 0 Å². The van der Waals surface area contributed by atoms with E-state index >= 15 is 0 Å². The smallest absolute Gasteiger partial charge is 0.409 e. The third kappa shape index (κ3) is 4.68. The Morgan fingerprint density at radius 1 is 0.909 bits per heavy atom. The van der Waals surface area contributed by atoms with E-state index in [1.165, 1.54) is 6.92 Å². The molecule has 0 heterocycles. The fourth-order valence-corrected chi connectivity index (χ4v) is 4.40. The van der Waals surface area contributed by atoms with E-state index in [9.17, 15) is 19.8 Å². The van der Waals surface area contributed by atoms with Gasteiger partial charge in [0.1, 0.15) is 12.3 Å². The first kappa shape index (κ1) is 22.4. The topological polar surface area (TPSA) is 108 Å². The van der Waals surface area contributed by atoms with Crippen molar-refractivity contribution in [2.24, 2.45) is 0 Å². The Balaban J connectivity index is 1.53. The lowest BCUT2D eigenvalue weighted by Gasteiger charge is -2.37. The van der Waals surface area contributed by atoms with Gasteiger partial charge in [-0.15, -0.1) is 0 Å². The van der Waals surface area contributed by atoms with Gasteiger partial charge in [-0.2, -0.15) is 0 Å². The van der Waals surface area contributed by atoms with Crippen molar-refractivity contribution in [3.05, 3.63) is 95.6 Å². The summed E-state index contributed by atoms with van der Waals surface area (Å²) in [4.78, 5) is 24.4. The largest absolute Gasteiger partial charge is 0.465 e. The molecule has 33 heavy (non-hydrogen) atoms. The van der Waals surface area contributed by atoms with Crippen LogP contribution < -0.4 is 10.6 Å². The number of hydrogen-bond donors (Lipinski definition) is 4. The Kier molecular flexibility index (Phi) is 6.33. The van der Waals surface area contributed by atoms with Crippen molar-refractivity contribution >= 4 is 12.2 Å². The maximum absolute atomic E-state index is 12.8. The molecular weight excluding hydrogens is 420 g/mol. The summed E-state index contributed by atoms with van der Waals surface area (Å²) in [6.07, 6.45) is -3.37. The second-order valence-corrected chi connectivity index (χ2v) is 8.19. The van der Waals surface area contributed by atoms with Gasteiger partial charge in [-0.05, 0) is 34.7 Å². The van der Waals surface area contributed by atoms with E-state index in [-0.39, 0.29) is 18.9 Å². The molecule has 7 nitrogen and oxygen atoms in total. The number of fused-ring (bicyclic) bond motifs is 3. The number of nitrogens with one attached hydrogen (secondary N) is 2. The number of rotatable bonds is 7. The molecule has 2 unspecified atom stereocenters. The van der Waals surface area contributed by atoms with E-state index in [1.807, 2.05) is 54.6 Å². The molecule has 4 N–H and O–H groups in total. The zero-order chi connectivity index (χ0) is 23.4. The van der Waals surface area contributed by atoms with Crippen LogP contribution in [0.2, 0.25) is 0 Å². The lowest BCUT2D eigenvalue weighted by Crippen LogP contribution is -2.67. The van der Waals surface area contributed by atoms with Crippen molar-refractivity contribution in [1.82, 2.24) is 10.6 Å². The Morgan fingerprint density at radius 2 is 1.45 bits per heavy atom. The number of aliphatic hydroxyl groups excluding tert-OH is 1. The second-order valence-electron chi connectivity index (χ2n) is 8.19. The van der Waals surface area contributed by atoms with E-state index in [0.717, 1.165) is 27.8 Å². The second kappa shape index (κ2) is 9.34. The van der Waals surface area contributed by atoms with Gasteiger partial charge in [-0.1, -0.05) is 78.9 Å². The van der Waals surface area contributed by atoms with Crippen molar-refractivity contribution in [3.63, 3.8) is 0 Å². The minimum atomic E-state index is -1.66. The molecule has 2 atom stereocenters. The number of aliphatic hydroxyl groups is 1. The number of benzene rings is 3. The third-order valence-corrected chi connectivity index (χ3v) is 6.04. The number of hydrogen-bond acceptors (Lipinski definition) is 4. The standard InChI is InChI=1S/C26H26N2O5/c1-17(29)26(27-24(30)31,15-18-9-3-2-4-10-18)28-25(32)33-16-23-21-13-7-5-11-19(21)20-12-6-8-14-22(20)23/h2-14,17,23,27,29H,15-16H2,1H3,(H,28,32)(H,30,31). The van der Waals surface area contributed by atoms with Crippen molar-refractivity contribution in [2.75, 3.05) is 6.61 Å². The first-order valence-corrected chi connectivity index (χ1v) is 10.8. The monoisotopic (exact) mass is 446 g/mol. The summed E-state index contributed by atoms with van der Waals surface area (Å²) in [6, 6.07) is 25.0. The molecule has 0 radical (unpaired) electrons. The van der Waals surface area contributed by atoms with Gasteiger partial charge >= 0.3 is 12.2 Å². The average Bonchev–Trinajstić information content (AvgIpc) is 3.11. The highest BCUT2D eigenvalue weighted by atomic mass is 16.5. The predicted octanol–water partition coefficient (Wildman–Crippen LogP) is 4.11. The molecule has 170 valence electrons. The molecule has 0 saturated heterocycles. The Morgan fingerprint density at radius 3 is 2.00 bits per heavy atom. The number of alkyl carbamates (subject to hydrolysis) is 1. The summed E-state index contributed by atoms with van der Waals surface area (Å²) in [7, 11) is 0. The summed E-state index contributed by atoms with van der Waals surface area (Å²) >= 11 is 0. The molecule has 0 saturated carbocycles. The maximum atomic E-state index is 12.8. The number of carbonyl (C=O) groups is 2. The van der Waals surface area contributed by atoms with Gasteiger partial charge in [0.05, 0.1) is 6.10 Å². The number of carbonyl (C=O) groups excluding carboxylic acids is 1. The summed E-state index contributed by atoms with van der Waals surface area (Å²) in [5, 5.41) is 24.7. The van der Waals surface area contributed by atoms with Crippen LogP contribution in [0.25, 0.3) is 11.1 Å². The molecule has 2 amide bonds. The van der Waals surface area contributed by atoms with Crippen LogP contribution >= 0.6 is 0 Å². The Labute approximate surface area is 192 Å². The van der Waals surface area contributed by atoms with E-state index < -0.39 is 24.0 Å². The van der Waals surface area contributed by atoms with Gasteiger partial charge < -0.3 is 14.9 Å². The molecule has 7 heteroatoms. The number of carboxylic acid groups (broad SMARTS) is 1. The highest BCUT2D eigenvalue weighted by Crippen LogP contribution is 2.44. The summed E-state index contributed by atoms with van der Waals surface area (Å²) in [5.74, 6) is -0.134. The van der Waals surface area contributed by atoms with Gasteiger partial charge in [0.2, 0.25) is 0 Å². The van der Waals surface area contributed by atoms with Crippen LogP contribution in [0.15, 0.2) is 78.9 Å². The predicted molar refractivity (Wildman–Crippen MR) is 124 cm³/mol. The van der Waals surface area contributed by atoms with E-state index in [0.29, 0.717) is 0 Å². The van der Waals surface area contributed by atoms with Crippen molar-refractivity contribution < 1.29 is 24.5 Å². The molecule has 3 aromatic rings. The van der Waals surface area contributed by atoms with E-state index in [2.05, 4.69) is 10.6 Å². The lowest BCUT2D eigenvalue weighted by atomic mass is 9.94. The molecule has 0 spiro atoms. The van der Waals surface area contributed by atoms with Gasteiger partial charge in [-0.25, -0.2) is 9.59 Å². The van der Waals surface area contributed by atoms with Crippen LogP contribution in [0.4, 0.5) is 9.59 Å². The summed E-state index contributed by atoms with van der Waals surface area (Å²) in [6.45, 7) is 1.50. The van der Waals surface area contributed by atoms with E-state index in [4.69, 9.17) is 4.74 Å². The van der Waals surface area contributed by atoms with Crippen molar-refractivity contribution in [1.29, 1.82) is 0 Å². The van der Waals surface area contributed by atoms with Crippen molar-refractivity contribution in [2.45, 2.75) is 31.0 Å². The van der Waals surface area contributed by atoms with Gasteiger partial charge in [-0.3, -0.25) is 10.6 Å². The van der Waals surface area contributed by atoms with Crippen molar-refractivity contribution in [3.8, 4) is 11.1 Å². The highest BCUT2D eigenvalue weighted by Gasteiger charge is 2.40. The molecular formula is C26H26N2O5. The van der Waals surface area contributed by atoms with Crippen LogP contribution in [-0.4, -0.2) is 40.8 Å². The molecule has 0 fully saturated rings. The lowest BCUT2D eigenvalue weighted by molar-refractivity contribution is 0.0421. The molecule has 0 aromatic heterocycles. The first-order chi connectivity index (χ1) is 15.9. The fraction of sp³-hybridized carbons (Fsp3) is 0.231. The normalized spacial score (nSPS) is 15.0.